The van der Waals surface area contributed by atoms with E-state index in [0.717, 1.165) is 16.5 Å². The van der Waals surface area contributed by atoms with Gasteiger partial charge in [0.05, 0.1) is 25.4 Å². The highest BCUT2D eigenvalue weighted by molar-refractivity contribution is 7.09. The summed E-state index contributed by atoms with van der Waals surface area (Å²) < 4.78 is 7.73. The van der Waals surface area contributed by atoms with Crippen LogP contribution in [0.3, 0.4) is 0 Å². The third kappa shape index (κ3) is 3.55. The van der Waals surface area contributed by atoms with E-state index in [0.29, 0.717) is 31.7 Å². The summed E-state index contributed by atoms with van der Waals surface area (Å²) in [5.74, 6) is 1.44. The molecule has 2 atom stereocenters. The fourth-order valence-electron chi connectivity index (χ4n) is 3.21. The van der Waals surface area contributed by atoms with Crippen LogP contribution in [-0.4, -0.2) is 45.4 Å². The SMILES string of the molecule is Cc1csc(C2CN(C(=O)Nc3ccnn3C(C)C3CC3)CCO2)n1. The quantitative estimate of drug-likeness (QED) is 0.907. The van der Waals surface area contributed by atoms with Gasteiger partial charge in [-0.05, 0) is 32.6 Å². The van der Waals surface area contributed by atoms with E-state index in [4.69, 9.17) is 4.74 Å². The lowest BCUT2D eigenvalue weighted by atomic mass is 10.2. The molecule has 4 rings (SSSR count). The van der Waals surface area contributed by atoms with Crippen molar-refractivity contribution in [2.24, 2.45) is 5.92 Å². The first-order chi connectivity index (χ1) is 12.1. The molecule has 2 aromatic rings. The number of aryl methyl sites for hydroxylation is 1. The van der Waals surface area contributed by atoms with E-state index in [1.165, 1.54) is 12.8 Å². The molecule has 1 saturated carbocycles. The number of morpholine rings is 1. The Morgan fingerprint density at radius 3 is 3.04 bits per heavy atom. The van der Waals surface area contributed by atoms with Gasteiger partial charge in [-0.3, -0.25) is 5.32 Å². The van der Waals surface area contributed by atoms with Crippen molar-refractivity contribution in [3.05, 3.63) is 28.3 Å². The molecule has 2 unspecified atom stereocenters. The van der Waals surface area contributed by atoms with Crippen molar-refractivity contribution in [2.75, 3.05) is 25.0 Å². The lowest BCUT2D eigenvalue weighted by molar-refractivity contribution is -0.0136. The molecular weight excluding hydrogens is 338 g/mol. The Morgan fingerprint density at radius 1 is 1.48 bits per heavy atom. The number of nitrogens with one attached hydrogen (secondary N) is 1. The number of anilines is 1. The third-order valence-corrected chi connectivity index (χ3v) is 5.92. The molecule has 2 fully saturated rings. The van der Waals surface area contributed by atoms with E-state index >= 15 is 0 Å². The molecule has 2 aromatic heterocycles. The average molecular weight is 361 g/mol. The summed E-state index contributed by atoms with van der Waals surface area (Å²) in [6, 6.07) is 2.08. The molecule has 2 amide bonds. The van der Waals surface area contributed by atoms with E-state index in [9.17, 15) is 4.79 Å². The highest BCUT2D eigenvalue weighted by Crippen LogP contribution is 2.40. The summed E-state index contributed by atoms with van der Waals surface area (Å²) in [5.41, 5.74) is 0.989. The van der Waals surface area contributed by atoms with Gasteiger partial charge in [0, 0.05) is 23.7 Å². The Bertz CT molecular complexity index is 754. The molecule has 8 heteroatoms. The first-order valence-corrected chi connectivity index (χ1v) is 9.63. The smallest absolute Gasteiger partial charge is 0.323 e. The van der Waals surface area contributed by atoms with Crippen LogP contribution in [0.25, 0.3) is 0 Å². The first kappa shape index (κ1) is 16.5. The Kier molecular flexibility index (Phi) is 4.47. The van der Waals surface area contributed by atoms with Crippen molar-refractivity contribution in [3.8, 4) is 0 Å². The standard InChI is InChI=1S/C17H23N5O2S/c1-11-10-25-16(19-11)14-9-21(7-8-24-14)17(23)20-15-5-6-18-22(15)12(2)13-3-4-13/h5-6,10,12-14H,3-4,7-9H2,1-2H3,(H,20,23). The first-order valence-electron chi connectivity index (χ1n) is 8.75. The minimum Gasteiger partial charge on any atom is -0.367 e. The van der Waals surface area contributed by atoms with Gasteiger partial charge in [-0.2, -0.15) is 5.10 Å². The van der Waals surface area contributed by atoms with Crippen LogP contribution in [-0.2, 0) is 4.74 Å². The van der Waals surface area contributed by atoms with Crippen molar-refractivity contribution < 1.29 is 9.53 Å². The number of thiazole rings is 1. The minimum atomic E-state index is -0.145. The number of rotatable bonds is 4. The molecule has 1 saturated heterocycles. The summed E-state index contributed by atoms with van der Waals surface area (Å²) in [5, 5.41) is 10.3. The van der Waals surface area contributed by atoms with Gasteiger partial charge in [0.2, 0.25) is 0 Å². The van der Waals surface area contributed by atoms with E-state index in [1.807, 2.05) is 23.1 Å². The summed E-state index contributed by atoms with van der Waals surface area (Å²) in [4.78, 5) is 19.0. The fraction of sp³-hybridized carbons (Fsp3) is 0.588. The molecule has 25 heavy (non-hydrogen) atoms. The molecule has 0 spiro atoms. The second-order valence-corrected chi connectivity index (χ2v) is 7.69. The average Bonchev–Trinajstić information content (AvgIpc) is 3.22. The Labute approximate surface area is 151 Å². The number of carbonyl (C=O) groups is 1. The van der Waals surface area contributed by atoms with Gasteiger partial charge in [-0.1, -0.05) is 0 Å². The molecule has 1 aliphatic carbocycles. The summed E-state index contributed by atoms with van der Waals surface area (Å²) in [6.07, 6.45) is 4.09. The van der Waals surface area contributed by atoms with Crippen LogP contribution >= 0.6 is 11.3 Å². The third-order valence-electron chi connectivity index (χ3n) is 4.86. The number of amides is 2. The molecule has 1 aliphatic heterocycles. The van der Waals surface area contributed by atoms with Gasteiger partial charge in [0.1, 0.15) is 16.9 Å². The normalized spacial score (nSPS) is 22.0. The zero-order valence-electron chi connectivity index (χ0n) is 14.5. The summed E-state index contributed by atoms with van der Waals surface area (Å²) in [6.45, 7) is 5.75. The van der Waals surface area contributed by atoms with Crippen LogP contribution in [0.5, 0.6) is 0 Å². The largest absolute Gasteiger partial charge is 0.367 e. The molecule has 7 nitrogen and oxygen atoms in total. The van der Waals surface area contributed by atoms with E-state index in [2.05, 4.69) is 22.3 Å². The molecular formula is C17H23N5O2S. The molecule has 3 heterocycles. The fourth-order valence-corrected chi connectivity index (χ4v) is 4.04. The highest BCUT2D eigenvalue weighted by atomic mass is 32.1. The van der Waals surface area contributed by atoms with Crippen molar-refractivity contribution >= 4 is 23.2 Å². The van der Waals surface area contributed by atoms with Gasteiger partial charge in [0.25, 0.3) is 0 Å². The van der Waals surface area contributed by atoms with Crippen molar-refractivity contribution in [2.45, 2.75) is 38.8 Å². The second kappa shape index (κ2) is 6.76. The number of urea groups is 1. The van der Waals surface area contributed by atoms with Crippen molar-refractivity contribution in [3.63, 3.8) is 0 Å². The number of aromatic nitrogens is 3. The Morgan fingerprint density at radius 2 is 2.32 bits per heavy atom. The van der Waals surface area contributed by atoms with Crippen LogP contribution in [0.1, 0.15) is 42.6 Å². The van der Waals surface area contributed by atoms with Crippen molar-refractivity contribution in [1.82, 2.24) is 19.7 Å². The van der Waals surface area contributed by atoms with Gasteiger partial charge in [0.15, 0.2) is 0 Å². The van der Waals surface area contributed by atoms with Crippen molar-refractivity contribution in [1.29, 1.82) is 0 Å². The van der Waals surface area contributed by atoms with E-state index in [-0.39, 0.29) is 12.1 Å². The van der Waals surface area contributed by atoms with Crippen LogP contribution in [0.15, 0.2) is 17.6 Å². The molecule has 1 N–H and O–H groups in total. The van der Waals surface area contributed by atoms with Gasteiger partial charge < -0.3 is 9.64 Å². The summed E-state index contributed by atoms with van der Waals surface area (Å²) >= 11 is 1.58. The lowest BCUT2D eigenvalue weighted by Crippen LogP contribution is -2.44. The number of nitrogens with zero attached hydrogens (tertiary/aromatic N) is 4. The van der Waals surface area contributed by atoms with E-state index in [1.54, 1.807) is 22.4 Å². The van der Waals surface area contributed by atoms with Crippen LogP contribution < -0.4 is 5.32 Å². The Hall–Kier alpha value is -1.93. The maximum absolute atomic E-state index is 12.7. The number of ether oxygens (including phenoxy) is 1. The second-order valence-electron chi connectivity index (χ2n) is 6.80. The molecule has 0 bridgehead atoms. The highest BCUT2D eigenvalue weighted by Gasteiger charge is 2.32. The monoisotopic (exact) mass is 361 g/mol. The zero-order valence-corrected chi connectivity index (χ0v) is 15.3. The minimum absolute atomic E-state index is 0.105. The van der Waals surface area contributed by atoms with Gasteiger partial charge in [-0.25, -0.2) is 14.5 Å². The lowest BCUT2D eigenvalue weighted by Gasteiger charge is -2.32. The molecule has 0 aromatic carbocycles. The Balaban J connectivity index is 1.42. The molecule has 0 radical (unpaired) electrons. The number of hydrogen-bond donors (Lipinski definition) is 1. The molecule has 2 aliphatic rings. The van der Waals surface area contributed by atoms with Crippen LogP contribution in [0.4, 0.5) is 10.6 Å². The van der Waals surface area contributed by atoms with Gasteiger partial charge >= 0.3 is 6.03 Å². The predicted octanol–water partition coefficient (Wildman–Crippen LogP) is 3.22. The number of carbonyl (C=O) groups excluding carboxylic acids is 1. The van der Waals surface area contributed by atoms with Crippen LogP contribution in [0, 0.1) is 12.8 Å². The predicted molar refractivity (Wildman–Crippen MR) is 95.8 cm³/mol. The van der Waals surface area contributed by atoms with Crippen LogP contribution in [0.2, 0.25) is 0 Å². The zero-order chi connectivity index (χ0) is 17.4. The van der Waals surface area contributed by atoms with Gasteiger partial charge in [-0.15, -0.1) is 11.3 Å². The molecule has 134 valence electrons. The maximum Gasteiger partial charge on any atom is 0.323 e. The van der Waals surface area contributed by atoms with E-state index < -0.39 is 0 Å². The topological polar surface area (TPSA) is 72.3 Å². The maximum atomic E-state index is 12.7. The number of hydrogen-bond acceptors (Lipinski definition) is 5. The summed E-state index contributed by atoms with van der Waals surface area (Å²) in [7, 11) is 0.